The first-order valence-corrected chi connectivity index (χ1v) is 12.1. The summed E-state index contributed by atoms with van der Waals surface area (Å²) in [4.78, 5) is 11.0. The van der Waals surface area contributed by atoms with Gasteiger partial charge >= 0.3 is 12.1 Å². The number of sulfone groups is 1. The number of rotatable bonds is 9. The first kappa shape index (κ1) is 26.4. The quantitative estimate of drug-likeness (QED) is 0.394. The molecule has 0 radical (unpaired) electrons. The third-order valence-corrected chi connectivity index (χ3v) is 7.23. The Kier molecular flexibility index (Phi) is 7.99. The average molecular weight is 508 g/mol. The molecule has 3 N–H and O–H groups in total. The smallest absolute Gasteiger partial charge is 0.416 e. The molecule has 0 aliphatic rings. The Balaban J connectivity index is 1.60. The maximum Gasteiger partial charge on any atom is 0.416 e. The number of hydrogen-bond donors (Lipinski definition) is 3. The van der Waals surface area contributed by atoms with Crippen LogP contribution >= 0.6 is 0 Å². The van der Waals surface area contributed by atoms with Crippen LogP contribution in [0.25, 0.3) is 0 Å². The third-order valence-electron chi connectivity index (χ3n) is 5.45. The predicted octanol–water partition coefficient (Wildman–Crippen LogP) is 4.49. The molecule has 0 spiro atoms. The fourth-order valence-corrected chi connectivity index (χ4v) is 4.76. The number of aliphatic hydroxyl groups is 1. The molecule has 0 aliphatic carbocycles. The first-order chi connectivity index (χ1) is 16.4. The van der Waals surface area contributed by atoms with Gasteiger partial charge in [-0.1, -0.05) is 24.3 Å². The number of aliphatic hydroxyl groups excluding tert-OH is 1. The Morgan fingerprint density at radius 1 is 0.971 bits per heavy atom. The normalized spacial score (nSPS) is 13.9. The highest BCUT2D eigenvalue weighted by atomic mass is 32.2. The summed E-state index contributed by atoms with van der Waals surface area (Å²) in [7, 11) is -3.81. The molecular formula is C25H24F3NO5S. The number of aromatic carboxylic acids is 1. The van der Waals surface area contributed by atoms with Crippen LogP contribution in [-0.2, 0) is 22.4 Å². The molecule has 3 rings (SSSR count). The lowest BCUT2D eigenvalue weighted by atomic mass is 10.0. The van der Waals surface area contributed by atoms with E-state index in [0.717, 1.165) is 17.7 Å². The minimum atomic E-state index is -4.49. The van der Waals surface area contributed by atoms with Gasteiger partial charge in [0.2, 0.25) is 9.84 Å². The van der Waals surface area contributed by atoms with E-state index in [2.05, 4.69) is 5.32 Å². The zero-order valence-corrected chi connectivity index (χ0v) is 19.5. The maximum absolute atomic E-state index is 12.9. The molecule has 0 bridgehead atoms. The van der Waals surface area contributed by atoms with Gasteiger partial charge in [0, 0.05) is 12.6 Å². The van der Waals surface area contributed by atoms with E-state index >= 15 is 0 Å². The maximum atomic E-state index is 12.9. The number of alkyl halides is 3. The van der Waals surface area contributed by atoms with Crippen molar-refractivity contribution in [2.75, 3.05) is 6.54 Å². The van der Waals surface area contributed by atoms with E-state index in [1.165, 1.54) is 48.5 Å². The molecule has 2 atom stereocenters. The number of nitrogens with one attached hydrogen (secondary N) is 1. The van der Waals surface area contributed by atoms with Crippen LogP contribution in [0.4, 0.5) is 13.2 Å². The van der Waals surface area contributed by atoms with Crippen LogP contribution in [0.1, 0.15) is 40.1 Å². The van der Waals surface area contributed by atoms with Crippen LogP contribution < -0.4 is 5.32 Å². The molecule has 0 fully saturated rings. The minimum absolute atomic E-state index is 0.0149. The summed E-state index contributed by atoms with van der Waals surface area (Å²) < 4.78 is 64.2. The monoisotopic (exact) mass is 507 g/mol. The minimum Gasteiger partial charge on any atom is -0.478 e. The molecule has 0 saturated carbocycles. The molecule has 0 aromatic heterocycles. The van der Waals surface area contributed by atoms with Crippen LogP contribution in [0.5, 0.6) is 0 Å². The average Bonchev–Trinajstić information content (AvgIpc) is 2.82. The molecule has 3 aromatic rings. The Morgan fingerprint density at radius 2 is 1.54 bits per heavy atom. The van der Waals surface area contributed by atoms with Crippen molar-refractivity contribution in [1.82, 2.24) is 5.32 Å². The molecule has 3 aromatic carbocycles. The lowest BCUT2D eigenvalue weighted by Gasteiger charge is -2.18. The lowest BCUT2D eigenvalue weighted by molar-refractivity contribution is -0.137. The van der Waals surface area contributed by atoms with Crippen molar-refractivity contribution in [3.05, 3.63) is 95.1 Å². The van der Waals surface area contributed by atoms with Gasteiger partial charge in [-0.05, 0) is 73.0 Å². The second-order valence-electron chi connectivity index (χ2n) is 8.13. The van der Waals surface area contributed by atoms with Crippen LogP contribution in [-0.4, -0.2) is 37.2 Å². The molecule has 10 heteroatoms. The number of benzene rings is 3. The van der Waals surface area contributed by atoms with E-state index in [4.69, 9.17) is 5.11 Å². The largest absolute Gasteiger partial charge is 0.478 e. The molecule has 0 aliphatic heterocycles. The van der Waals surface area contributed by atoms with Gasteiger partial charge in [0.25, 0.3) is 0 Å². The van der Waals surface area contributed by atoms with E-state index in [9.17, 15) is 31.5 Å². The van der Waals surface area contributed by atoms with Crippen LogP contribution in [0, 0.1) is 0 Å². The Bertz CT molecular complexity index is 1270. The summed E-state index contributed by atoms with van der Waals surface area (Å²) >= 11 is 0. The summed E-state index contributed by atoms with van der Waals surface area (Å²) in [6.07, 6.45) is -5.12. The fourth-order valence-electron chi connectivity index (χ4n) is 3.50. The Hall–Kier alpha value is -3.21. The van der Waals surface area contributed by atoms with Crippen LogP contribution in [0.3, 0.4) is 0 Å². The molecule has 6 nitrogen and oxygen atoms in total. The molecule has 0 saturated heterocycles. The second-order valence-corrected chi connectivity index (χ2v) is 10.1. The topological polar surface area (TPSA) is 104 Å². The van der Waals surface area contributed by atoms with Crippen molar-refractivity contribution in [3.8, 4) is 0 Å². The predicted molar refractivity (Wildman–Crippen MR) is 123 cm³/mol. The Morgan fingerprint density at radius 3 is 2.09 bits per heavy atom. The van der Waals surface area contributed by atoms with Gasteiger partial charge in [-0.25, -0.2) is 13.2 Å². The van der Waals surface area contributed by atoms with Gasteiger partial charge < -0.3 is 15.5 Å². The van der Waals surface area contributed by atoms with Gasteiger partial charge in [0.1, 0.15) is 0 Å². The first-order valence-electron chi connectivity index (χ1n) is 10.6. The van der Waals surface area contributed by atoms with Crippen LogP contribution in [0.15, 0.2) is 82.6 Å². The molecule has 0 heterocycles. The van der Waals surface area contributed by atoms with E-state index in [1.54, 1.807) is 12.1 Å². The van der Waals surface area contributed by atoms with Crippen molar-refractivity contribution in [2.45, 2.75) is 41.5 Å². The summed E-state index contributed by atoms with van der Waals surface area (Å²) in [6, 6.07) is 15.6. The van der Waals surface area contributed by atoms with Gasteiger partial charge in [0.05, 0.1) is 27.0 Å². The van der Waals surface area contributed by atoms with E-state index in [1.807, 2.05) is 6.92 Å². The molecule has 186 valence electrons. The number of carbonyl (C=O) groups is 1. The van der Waals surface area contributed by atoms with Crippen molar-refractivity contribution >= 4 is 15.8 Å². The summed E-state index contributed by atoms with van der Waals surface area (Å²) in [6.45, 7) is 1.88. The van der Waals surface area contributed by atoms with Crippen molar-refractivity contribution in [1.29, 1.82) is 0 Å². The zero-order valence-electron chi connectivity index (χ0n) is 18.7. The second kappa shape index (κ2) is 10.6. The molecular weight excluding hydrogens is 483 g/mol. The number of carboxylic acids is 1. The fraction of sp³-hybridized carbons (Fsp3) is 0.240. The van der Waals surface area contributed by atoms with Crippen molar-refractivity contribution in [2.24, 2.45) is 0 Å². The molecule has 35 heavy (non-hydrogen) atoms. The summed E-state index contributed by atoms with van der Waals surface area (Å²) in [5, 5.41) is 22.3. The highest BCUT2D eigenvalue weighted by Crippen LogP contribution is 2.30. The summed E-state index contributed by atoms with van der Waals surface area (Å²) in [5.74, 6) is -1.15. The Labute approximate surface area is 201 Å². The lowest BCUT2D eigenvalue weighted by Crippen LogP contribution is -2.32. The van der Waals surface area contributed by atoms with E-state index in [-0.39, 0.29) is 33.5 Å². The SMILES string of the molecule is C[C@H](Cc1ccc(S(=O)(=O)c2ccc(C(=O)O)cc2)cc1)NC[C@H](O)c1cccc(C(F)(F)F)c1. The number of hydrogen-bond acceptors (Lipinski definition) is 5. The van der Waals surface area contributed by atoms with Gasteiger partial charge in [-0.3, -0.25) is 0 Å². The highest BCUT2D eigenvalue weighted by Gasteiger charge is 2.30. The third kappa shape index (κ3) is 6.68. The standard InChI is InChI=1S/C25H24F3NO5S/c1-16(29-15-23(30)19-3-2-4-20(14-19)25(26,27)28)13-17-5-9-21(10-6-17)35(33,34)22-11-7-18(8-12-22)24(31)32/h2-12,14,16,23,29-30H,13,15H2,1H3,(H,31,32)/t16-,23+/m1/s1. The van der Waals surface area contributed by atoms with Crippen molar-refractivity contribution in [3.63, 3.8) is 0 Å². The van der Waals surface area contributed by atoms with Gasteiger partial charge in [-0.2, -0.15) is 13.2 Å². The zero-order chi connectivity index (χ0) is 25.8. The summed E-state index contributed by atoms with van der Waals surface area (Å²) in [5.41, 5.74) is 0.137. The van der Waals surface area contributed by atoms with Gasteiger partial charge in [-0.15, -0.1) is 0 Å². The highest BCUT2D eigenvalue weighted by molar-refractivity contribution is 7.91. The van der Waals surface area contributed by atoms with E-state index in [0.29, 0.717) is 6.42 Å². The number of carboxylic acid groups (broad SMARTS) is 1. The van der Waals surface area contributed by atoms with E-state index < -0.39 is 33.7 Å². The van der Waals surface area contributed by atoms with Crippen LogP contribution in [0.2, 0.25) is 0 Å². The molecule has 0 unspecified atom stereocenters. The number of halogens is 3. The molecule has 0 amide bonds. The van der Waals surface area contributed by atoms with Gasteiger partial charge in [0.15, 0.2) is 0 Å². The van der Waals surface area contributed by atoms with Crippen molar-refractivity contribution < 1.29 is 36.6 Å².